The zero-order valence-electron chi connectivity index (χ0n) is 10.7. The molecule has 0 aromatic heterocycles. The molecule has 2 aliphatic rings. The van der Waals surface area contributed by atoms with E-state index in [-0.39, 0.29) is 51.0 Å². The molecule has 0 N–H and O–H groups in total. The number of hydrogen-bond acceptors (Lipinski definition) is 0. The quantitative estimate of drug-likeness (QED) is 0.513. The van der Waals surface area contributed by atoms with Crippen molar-refractivity contribution < 1.29 is 51.0 Å². The van der Waals surface area contributed by atoms with Crippen LogP contribution in [-0.2, 0) is 26.2 Å². The molecule has 4 heteroatoms. The second-order valence-corrected chi connectivity index (χ2v) is 5.64. The molecule has 0 nitrogen and oxygen atoms in total. The van der Waals surface area contributed by atoms with Crippen LogP contribution in [0.5, 0.6) is 0 Å². The Hall–Kier alpha value is 0.0731. The van der Waals surface area contributed by atoms with Gasteiger partial charge in [-0.2, -0.15) is 0 Å². The average Bonchev–Trinajstić information content (AvgIpc) is 2.80. The van der Waals surface area contributed by atoms with Gasteiger partial charge in [-0.05, 0) is 53.6 Å². The first-order chi connectivity index (χ1) is 7.75. The zero-order valence-corrected chi connectivity index (χ0v) is 15.6. The van der Waals surface area contributed by atoms with E-state index >= 15 is 0 Å². The Morgan fingerprint density at radius 3 is 2.11 bits per heavy atom. The number of rotatable bonds is 1. The summed E-state index contributed by atoms with van der Waals surface area (Å²) in [5.74, 6) is 0. The van der Waals surface area contributed by atoms with Crippen LogP contribution in [0.1, 0.15) is 19.4 Å². The standard InChI is InChI=1S/C15H13P.2ClH.Zr/c1-10-8-13(12-6-4-3-5-7-12)14-9-11(2)16-15(10)14;;;/h3-9H,1-2H3;2*1H;/q;;;+2/p-2. The van der Waals surface area contributed by atoms with Gasteiger partial charge in [0.1, 0.15) is 0 Å². The summed E-state index contributed by atoms with van der Waals surface area (Å²) in [5, 5.41) is 2.95. The molecule has 1 aliphatic carbocycles. The summed E-state index contributed by atoms with van der Waals surface area (Å²) in [6, 6.07) is 10.7. The van der Waals surface area contributed by atoms with E-state index in [1.807, 2.05) is 0 Å². The molecule has 3 rings (SSSR count). The molecule has 0 fully saturated rings. The minimum absolute atomic E-state index is 0. The molecule has 1 aromatic carbocycles. The summed E-state index contributed by atoms with van der Waals surface area (Å²) in [6.07, 6.45) is 4.64. The van der Waals surface area contributed by atoms with Crippen LogP contribution in [0.25, 0.3) is 5.57 Å². The number of benzene rings is 1. The number of hydrogen-bond donors (Lipinski definition) is 0. The van der Waals surface area contributed by atoms with E-state index in [1.54, 1.807) is 0 Å². The number of fused-ring (bicyclic) bond motifs is 1. The largest absolute Gasteiger partial charge is 2.00 e. The maximum Gasteiger partial charge on any atom is 2.00 e. The second-order valence-electron chi connectivity index (χ2n) is 4.27. The van der Waals surface area contributed by atoms with E-state index < -0.39 is 0 Å². The van der Waals surface area contributed by atoms with E-state index in [0.717, 1.165) is 0 Å². The maximum absolute atomic E-state index is 2.33. The summed E-state index contributed by atoms with van der Waals surface area (Å²) in [6.45, 7) is 4.42. The second kappa shape index (κ2) is 7.75. The van der Waals surface area contributed by atoms with Crippen LogP contribution >= 0.6 is 8.20 Å². The van der Waals surface area contributed by atoms with Crippen molar-refractivity contribution in [3.05, 3.63) is 64.5 Å². The molecule has 0 atom stereocenters. The van der Waals surface area contributed by atoms with Crippen LogP contribution in [0.2, 0.25) is 0 Å². The van der Waals surface area contributed by atoms with Crippen LogP contribution in [0, 0.1) is 0 Å². The molecule has 96 valence electrons. The first-order valence-corrected chi connectivity index (χ1v) is 6.41. The molecule has 0 spiro atoms. The van der Waals surface area contributed by atoms with E-state index in [4.69, 9.17) is 0 Å². The van der Waals surface area contributed by atoms with Crippen molar-refractivity contribution in [2.24, 2.45) is 0 Å². The number of halogens is 2. The van der Waals surface area contributed by atoms with Gasteiger partial charge in [0, 0.05) is 5.31 Å². The molecule has 1 aromatic rings. The Labute approximate surface area is 147 Å². The minimum Gasteiger partial charge on any atom is -1.00 e. The van der Waals surface area contributed by atoms with Crippen molar-refractivity contribution in [3.8, 4) is 0 Å². The smallest absolute Gasteiger partial charge is 1.00 e. The Kier molecular flexibility index (Phi) is 7.78. The Balaban J connectivity index is 0.00000108. The SMILES string of the molecule is CC1=PC2=C(C)C=C(c3ccccc3)C2=C1.[Cl-].[Cl-].[Zr+2]. The third-order valence-corrected chi connectivity index (χ3v) is 4.30. The Bertz CT molecular complexity index is 583. The van der Waals surface area contributed by atoms with Gasteiger partial charge in [-0.15, -0.1) is 0 Å². The van der Waals surface area contributed by atoms with Crippen LogP contribution < -0.4 is 24.8 Å². The van der Waals surface area contributed by atoms with Gasteiger partial charge >= 0.3 is 26.2 Å². The van der Waals surface area contributed by atoms with Gasteiger partial charge in [0.2, 0.25) is 0 Å². The Morgan fingerprint density at radius 1 is 0.842 bits per heavy atom. The fourth-order valence-electron chi connectivity index (χ4n) is 2.27. The Morgan fingerprint density at radius 2 is 1.47 bits per heavy atom. The molecule has 0 saturated heterocycles. The van der Waals surface area contributed by atoms with Gasteiger partial charge in [-0.25, -0.2) is 0 Å². The third kappa shape index (κ3) is 3.59. The van der Waals surface area contributed by atoms with Crippen molar-refractivity contribution in [3.63, 3.8) is 0 Å². The molecule has 0 unspecified atom stereocenters. The predicted octanol–water partition coefficient (Wildman–Crippen LogP) is -1.56. The van der Waals surface area contributed by atoms with Crippen molar-refractivity contribution >= 4 is 19.1 Å². The molecule has 1 aliphatic heterocycles. The van der Waals surface area contributed by atoms with Gasteiger partial charge in [-0.1, -0.05) is 38.5 Å². The predicted molar refractivity (Wildman–Crippen MR) is 72.8 cm³/mol. The maximum atomic E-state index is 2.33. The summed E-state index contributed by atoms with van der Waals surface area (Å²) >= 11 is 0. The first-order valence-electron chi connectivity index (χ1n) is 5.51. The minimum atomic E-state index is 0. The van der Waals surface area contributed by atoms with Gasteiger partial charge in [0.25, 0.3) is 0 Å². The van der Waals surface area contributed by atoms with Crippen molar-refractivity contribution in [1.29, 1.82) is 0 Å². The fraction of sp³-hybridized carbons (Fsp3) is 0.133. The van der Waals surface area contributed by atoms with Crippen LogP contribution in [0.3, 0.4) is 0 Å². The molecule has 0 bridgehead atoms. The van der Waals surface area contributed by atoms with Crippen molar-refractivity contribution in [1.82, 2.24) is 0 Å². The average molecular weight is 386 g/mol. The van der Waals surface area contributed by atoms with E-state index in [1.165, 1.54) is 41.1 Å². The monoisotopic (exact) mass is 384 g/mol. The molecule has 1 heterocycles. The summed E-state index contributed by atoms with van der Waals surface area (Å²) in [7, 11) is 1.39. The van der Waals surface area contributed by atoms with Crippen LogP contribution in [-0.4, -0.2) is 5.29 Å². The van der Waals surface area contributed by atoms with Gasteiger partial charge in [-0.3, -0.25) is 0 Å². The van der Waals surface area contributed by atoms with E-state index in [2.05, 4.69) is 56.3 Å². The molecule has 0 radical (unpaired) electrons. The van der Waals surface area contributed by atoms with E-state index in [9.17, 15) is 0 Å². The van der Waals surface area contributed by atoms with Crippen LogP contribution in [0.15, 0.2) is 58.9 Å². The zero-order chi connectivity index (χ0) is 11.1. The molecular weight excluding hydrogens is 373 g/mol. The molecule has 0 saturated carbocycles. The van der Waals surface area contributed by atoms with E-state index in [0.29, 0.717) is 0 Å². The summed E-state index contributed by atoms with van der Waals surface area (Å²) < 4.78 is 0. The van der Waals surface area contributed by atoms with Gasteiger partial charge < -0.3 is 24.8 Å². The normalized spacial score (nSPS) is 16.2. The van der Waals surface area contributed by atoms with Crippen molar-refractivity contribution in [2.75, 3.05) is 0 Å². The third-order valence-electron chi connectivity index (χ3n) is 3.01. The van der Waals surface area contributed by atoms with Crippen LogP contribution in [0.4, 0.5) is 0 Å². The van der Waals surface area contributed by atoms with Crippen molar-refractivity contribution in [2.45, 2.75) is 13.8 Å². The summed E-state index contributed by atoms with van der Waals surface area (Å²) in [4.78, 5) is 0. The number of allylic oxidation sites excluding steroid dienone is 6. The van der Waals surface area contributed by atoms with Gasteiger partial charge in [0.05, 0.1) is 0 Å². The topological polar surface area (TPSA) is 0 Å². The fourth-order valence-corrected chi connectivity index (χ4v) is 3.36. The van der Waals surface area contributed by atoms with Gasteiger partial charge in [0.15, 0.2) is 0 Å². The summed E-state index contributed by atoms with van der Waals surface area (Å²) in [5.41, 5.74) is 5.57. The molecule has 0 amide bonds. The molecular formula is C15H13Cl2PZr. The molecule has 19 heavy (non-hydrogen) atoms. The first kappa shape index (κ1) is 19.1.